The Balaban J connectivity index is 1.75. The molecule has 0 aromatic heterocycles. The third-order valence-corrected chi connectivity index (χ3v) is 5.48. The minimum absolute atomic E-state index is 0.0850. The van der Waals surface area contributed by atoms with Crippen LogP contribution in [0.5, 0.6) is 5.75 Å². The van der Waals surface area contributed by atoms with Crippen LogP contribution < -0.4 is 4.74 Å². The molecule has 1 saturated carbocycles. The molecule has 0 radical (unpaired) electrons. The molecule has 122 valence electrons. The third-order valence-electron chi connectivity index (χ3n) is 5.48. The van der Waals surface area contributed by atoms with Gasteiger partial charge in [-0.1, -0.05) is 38.5 Å². The second-order valence-corrected chi connectivity index (χ2v) is 7.19. The highest BCUT2D eigenvalue weighted by atomic mass is 16.5. The number of rotatable bonds is 6. The van der Waals surface area contributed by atoms with Crippen molar-refractivity contribution in [2.75, 3.05) is 19.6 Å². The average molecular weight is 301 g/mol. The predicted molar refractivity (Wildman–Crippen MR) is 92.5 cm³/mol. The van der Waals surface area contributed by atoms with Crippen LogP contribution >= 0.6 is 0 Å². The van der Waals surface area contributed by atoms with Gasteiger partial charge in [-0.05, 0) is 56.8 Å². The Morgan fingerprint density at radius 1 is 1.14 bits per heavy atom. The van der Waals surface area contributed by atoms with E-state index in [1.54, 1.807) is 0 Å². The summed E-state index contributed by atoms with van der Waals surface area (Å²) in [5.74, 6) is 1.83. The molecule has 1 aromatic rings. The number of fused-ring (bicyclic) bond motifs is 1. The van der Waals surface area contributed by atoms with Crippen LogP contribution in [0.4, 0.5) is 0 Å². The zero-order valence-electron chi connectivity index (χ0n) is 14.3. The summed E-state index contributed by atoms with van der Waals surface area (Å²) in [7, 11) is 0. The van der Waals surface area contributed by atoms with Crippen LogP contribution in [0.1, 0.15) is 57.9 Å². The fourth-order valence-corrected chi connectivity index (χ4v) is 4.47. The van der Waals surface area contributed by atoms with Gasteiger partial charge in [-0.3, -0.25) is 0 Å². The number of hydrogen-bond donors (Lipinski definition) is 0. The van der Waals surface area contributed by atoms with Gasteiger partial charge >= 0.3 is 0 Å². The van der Waals surface area contributed by atoms with Crippen molar-refractivity contribution in [3.8, 4) is 5.75 Å². The molecule has 2 aliphatic rings. The van der Waals surface area contributed by atoms with Gasteiger partial charge in [-0.25, -0.2) is 0 Å². The van der Waals surface area contributed by atoms with Gasteiger partial charge in [-0.2, -0.15) is 0 Å². The lowest BCUT2D eigenvalue weighted by Gasteiger charge is -2.43. The molecule has 1 heterocycles. The summed E-state index contributed by atoms with van der Waals surface area (Å²) in [6, 6.07) is 8.67. The average Bonchev–Trinajstić information content (AvgIpc) is 2.89. The molecule has 1 aromatic carbocycles. The molecule has 2 heteroatoms. The molecule has 0 amide bonds. The molecule has 0 N–H and O–H groups in total. The van der Waals surface area contributed by atoms with Gasteiger partial charge in [0.15, 0.2) is 0 Å². The Hall–Kier alpha value is -1.02. The summed E-state index contributed by atoms with van der Waals surface area (Å²) in [6.07, 6.45) is 8.89. The van der Waals surface area contributed by atoms with Gasteiger partial charge in [0.25, 0.3) is 0 Å². The van der Waals surface area contributed by atoms with Crippen LogP contribution in [0.3, 0.4) is 0 Å². The Morgan fingerprint density at radius 3 is 2.64 bits per heavy atom. The Labute approximate surface area is 135 Å². The summed E-state index contributed by atoms with van der Waals surface area (Å²) in [5.41, 5.74) is 1.51. The Bertz CT molecular complexity index is 453. The van der Waals surface area contributed by atoms with Crippen LogP contribution in [-0.2, 0) is 6.42 Å². The largest absolute Gasteiger partial charge is 0.486 e. The van der Waals surface area contributed by atoms with Crippen LogP contribution in [0, 0.1) is 5.92 Å². The van der Waals surface area contributed by atoms with E-state index < -0.39 is 0 Å². The summed E-state index contributed by atoms with van der Waals surface area (Å²) >= 11 is 0. The first-order chi connectivity index (χ1) is 10.8. The fraction of sp³-hybridized carbons (Fsp3) is 0.700. The molecule has 0 unspecified atom stereocenters. The summed E-state index contributed by atoms with van der Waals surface area (Å²) in [6.45, 7) is 8.26. The third kappa shape index (κ3) is 3.17. The van der Waals surface area contributed by atoms with E-state index in [1.807, 2.05) is 0 Å². The SMILES string of the molecule is CCCN(CCC)C[C@H]1CCCC[C@]12Cc1ccccc1O2. The maximum atomic E-state index is 6.58. The Morgan fingerprint density at radius 2 is 1.91 bits per heavy atom. The Kier molecular flexibility index (Phi) is 5.07. The highest BCUT2D eigenvalue weighted by Crippen LogP contribution is 2.46. The van der Waals surface area contributed by atoms with E-state index in [9.17, 15) is 0 Å². The second kappa shape index (κ2) is 7.04. The lowest BCUT2D eigenvalue weighted by Crippen LogP contribution is -2.50. The number of para-hydroxylation sites is 1. The van der Waals surface area contributed by atoms with E-state index >= 15 is 0 Å². The smallest absolute Gasteiger partial charge is 0.123 e. The lowest BCUT2D eigenvalue weighted by molar-refractivity contribution is -0.0204. The number of hydrogen-bond acceptors (Lipinski definition) is 2. The first-order valence-electron chi connectivity index (χ1n) is 9.26. The summed E-state index contributed by atoms with van der Waals surface area (Å²) in [4.78, 5) is 2.67. The molecule has 3 rings (SSSR count). The van der Waals surface area contributed by atoms with Crippen molar-refractivity contribution in [1.82, 2.24) is 4.90 Å². The predicted octanol–water partition coefficient (Wildman–Crippen LogP) is 4.67. The van der Waals surface area contributed by atoms with Crippen molar-refractivity contribution in [3.63, 3.8) is 0 Å². The lowest BCUT2D eigenvalue weighted by atomic mass is 9.73. The van der Waals surface area contributed by atoms with Crippen LogP contribution in [0.15, 0.2) is 24.3 Å². The first kappa shape index (κ1) is 15.9. The first-order valence-corrected chi connectivity index (χ1v) is 9.26. The van der Waals surface area contributed by atoms with Gasteiger partial charge in [0, 0.05) is 18.9 Å². The van der Waals surface area contributed by atoms with E-state index in [2.05, 4.69) is 43.0 Å². The topological polar surface area (TPSA) is 12.5 Å². The van der Waals surface area contributed by atoms with Crippen molar-refractivity contribution >= 4 is 0 Å². The van der Waals surface area contributed by atoms with E-state index in [4.69, 9.17) is 4.74 Å². The van der Waals surface area contributed by atoms with Crippen LogP contribution in [-0.4, -0.2) is 30.1 Å². The molecular weight excluding hydrogens is 270 g/mol. The number of ether oxygens (including phenoxy) is 1. The molecule has 22 heavy (non-hydrogen) atoms. The standard InChI is InChI=1S/C20H31NO/c1-3-13-21(14-4-2)16-18-10-7-8-12-20(18)15-17-9-5-6-11-19(17)22-20/h5-6,9,11,18H,3-4,7-8,10,12-16H2,1-2H3/t18-,20+/m1/s1. The van der Waals surface area contributed by atoms with E-state index in [0.717, 1.165) is 12.2 Å². The molecule has 1 aliphatic heterocycles. The molecule has 2 atom stereocenters. The minimum atomic E-state index is 0.0850. The summed E-state index contributed by atoms with van der Waals surface area (Å²) in [5, 5.41) is 0. The van der Waals surface area contributed by atoms with Gasteiger partial charge in [0.1, 0.15) is 11.4 Å². The van der Waals surface area contributed by atoms with Crippen molar-refractivity contribution in [3.05, 3.63) is 29.8 Å². The molecule has 1 fully saturated rings. The van der Waals surface area contributed by atoms with E-state index in [0.29, 0.717) is 5.92 Å². The number of benzene rings is 1. The van der Waals surface area contributed by atoms with E-state index in [1.165, 1.54) is 63.7 Å². The highest BCUT2D eigenvalue weighted by molar-refractivity contribution is 5.39. The minimum Gasteiger partial charge on any atom is -0.486 e. The summed E-state index contributed by atoms with van der Waals surface area (Å²) < 4.78 is 6.58. The van der Waals surface area contributed by atoms with Gasteiger partial charge < -0.3 is 9.64 Å². The normalized spacial score (nSPS) is 27.1. The molecule has 1 spiro atoms. The molecule has 1 aliphatic carbocycles. The molecule has 2 nitrogen and oxygen atoms in total. The molecule has 0 saturated heterocycles. The number of nitrogens with zero attached hydrogens (tertiary/aromatic N) is 1. The van der Waals surface area contributed by atoms with Crippen molar-refractivity contribution in [2.24, 2.45) is 5.92 Å². The maximum Gasteiger partial charge on any atom is 0.123 e. The molecule has 0 bridgehead atoms. The fourth-order valence-electron chi connectivity index (χ4n) is 4.47. The van der Waals surface area contributed by atoms with Gasteiger partial charge in [0.05, 0.1) is 0 Å². The zero-order chi connectivity index (χ0) is 15.4. The quantitative estimate of drug-likeness (QED) is 0.757. The van der Waals surface area contributed by atoms with Crippen molar-refractivity contribution in [2.45, 2.75) is 64.4 Å². The second-order valence-electron chi connectivity index (χ2n) is 7.19. The van der Waals surface area contributed by atoms with Crippen LogP contribution in [0.2, 0.25) is 0 Å². The van der Waals surface area contributed by atoms with Gasteiger partial charge in [0.2, 0.25) is 0 Å². The highest BCUT2D eigenvalue weighted by Gasteiger charge is 2.47. The monoisotopic (exact) mass is 301 g/mol. The molecular formula is C20H31NO. The zero-order valence-corrected chi connectivity index (χ0v) is 14.3. The van der Waals surface area contributed by atoms with E-state index in [-0.39, 0.29) is 5.60 Å². The van der Waals surface area contributed by atoms with Crippen LogP contribution in [0.25, 0.3) is 0 Å². The van der Waals surface area contributed by atoms with Crippen molar-refractivity contribution < 1.29 is 4.74 Å². The maximum absolute atomic E-state index is 6.58. The van der Waals surface area contributed by atoms with Crippen molar-refractivity contribution in [1.29, 1.82) is 0 Å². The van der Waals surface area contributed by atoms with Gasteiger partial charge in [-0.15, -0.1) is 0 Å².